The van der Waals surface area contributed by atoms with Gasteiger partial charge in [-0.1, -0.05) is 5.16 Å². The standard InChI is InChI=1S/C21H23N7O12S2.Na/c1-21(2,19(32)39-8-10-4-6-11(7-5-10)28(33)34)40-25-13(12-9-41-20(22)23-12)16(29)24-14-15(17(30)26-38-3)27(18(14)31)42(35,36)37;/h4-7,9,14-15H,8H2,1-3H3,(H2,22,23)(H,24,29)(H,26,30)(H,35,36,37);/q;+1/p-1/b25-13-;/t14-,15-;/m1./s1. The Labute approximate surface area is 269 Å². The molecule has 1 aliphatic heterocycles. The Morgan fingerprint density at radius 2 is 1.88 bits per heavy atom. The van der Waals surface area contributed by atoms with Gasteiger partial charge in [0, 0.05) is 17.5 Å². The molecule has 1 aliphatic rings. The Hall–Kier alpha value is -3.73. The molecule has 4 N–H and O–H groups in total. The first-order valence-electron chi connectivity index (χ1n) is 11.4. The molecule has 19 nitrogen and oxygen atoms in total. The number of hydrogen-bond donors (Lipinski definition) is 3. The number of hydrogen-bond acceptors (Lipinski definition) is 16. The van der Waals surface area contributed by atoms with Gasteiger partial charge in [-0.2, -0.15) is 0 Å². The molecule has 2 heterocycles. The number of rotatable bonds is 12. The van der Waals surface area contributed by atoms with Gasteiger partial charge in [0.1, 0.15) is 18.3 Å². The second-order valence-electron chi connectivity index (χ2n) is 8.77. The monoisotopic (exact) mass is 651 g/mol. The van der Waals surface area contributed by atoms with Crippen LogP contribution in [-0.2, 0) is 50.5 Å². The first-order chi connectivity index (χ1) is 19.6. The molecule has 0 bridgehead atoms. The van der Waals surface area contributed by atoms with Gasteiger partial charge in [-0.3, -0.25) is 29.3 Å². The molecule has 1 fully saturated rings. The number of carbonyl (C=O) groups excluding carboxylic acids is 4. The van der Waals surface area contributed by atoms with Gasteiger partial charge in [0.05, 0.1) is 12.0 Å². The molecule has 22 heteroatoms. The summed E-state index contributed by atoms with van der Waals surface area (Å²) in [6.07, 6.45) is 0. The number of nitrogen functional groups attached to an aromatic ring is 1. The van der Waals surface area contributed by atoms with Gasteiger partial charge in [-0.15, -0.1) is 11.3 Å². The van der Waals surface area contributed by atoms with Crippen LogP contribution in [0.3, 0.4) is 0 Å². The minimum atomic E-state index is -5.43. The molecule has 3 rings (SSSR count). The quantitative estimate of drug-likeness (QED) is 0.0373. The summed E-state index contributed by atoms with van der Waals surface area (Å²) in [6.45, 7) is 2.21. The third-order valence-corrected chi connectivity index (χ3v) is 6.97. The van der Waals surface area contributed by atoms with Crippen molar-refractivity contribution in [3.8, 4) is 0 Å². The maximum Gasteiger partial charge on any atom is 1.00 e. The van der Waals surface area contributed by atoms with Crippen molar-refractivity contribution in [2.24, 2.45) is 5.16 Å². The largest absolute Gasteiger partial charge is 1.00 e. The average molecular weight is 652 g/mol. The minimum absolute atomic E-state index is 0. The van der Waals surface area contributed by atoms with Gasteiger partial charge in [-0.25, -0.2) is 28.0 Å². The van der Waals surface area contributed by atoms with Gasteiger partial charge < -0.3 is 25.2 Å². The second kappa shape index (κ2) is 14.2. The normalized spacial score (nSPS) is 16.8. The average Bonchev–Trinajstić information content (AvgIpc) is 3.33. The van der Waals surface area contributed by atoms with E-state index in [1.807, 2.05) is 0 Å². The van der Waals surface area contributed by atoms with Crippen LogP contribution in [0.4, 0.5) is 10.8 Å². The number of amides is 3. The molecule has 1 aromatic carbocycles. The van der Waals surface area contributed by atoms with E-state index < -0.39 is 62.3 Å². The first kappa shape index (κ1) is 35.5. The number of nitrogens with two attached hydrogens (primary N) is 1. The summed E-state index contributed by atoms with van der Waals surface area (Å²) in [6, 6.07) is 1.39. The van der Waals surface area contributed by atoms with Crippen molar-refractivity contribution < 1.29 is 81.0 Å². The van der Waals surface area contributed by atoms with E-state index in [0.29, 0.717) is 5.56 Å². The number of benzene rings is 1. The summed E-state index contributed by atoms with van der Waals surface area (Å²) in [5, 5.41) is 17.8. The number of carbonyl (C=O) groups is 4. The van der Waals surface area contributed by atoms with E-state index in [2.05, 4.69) is 20.3 Å². The predicted molar refractivity (Wildman–Crippen MR) is 139 cm³/mol. The number of β-lactam (4-membered cyclic amide) rings is 1. The molecule has 0 aliphatic carbocycles. The fraction of sp³-hybridized carbons (Fsp3) is 0.333. The predicted octanol–water partition coefficient (Wildman–Crippen LogP) is -4.29. The van der Waals surface area contributed by atoms with E-state index in [0.717, 1.165) is 18.4 Å². The van der Waals surface area contributed by atoms with Crippen molar-refractivity contribution in [1.29, 1.82) is 0 Å². The molecule has 0 saturated carbocycles. The molecule has 0 radical (unpaired) electrons. The molecule has 1 aromatic heterocycles. The summed E-state index contributed by atoms with van der Waals surface area (Å²) in [5.74, 6) is -4.81. The number of esters is 1. The summed E-state index contributed by atoms with van der Waals surface area (Å²) < 4.78 is 39.3. The van der Waals surface area contributed by atoms with Crippen LogP contribution >= 0.6 is 11.3 Å². The smallest absolute Gasteiger partial charge is 0.731 e. The van der Waals surface area contributed by atoms with Crippen molar-refractivity contribution in [2.45, 2.75) is 38.1 Å². The van der Waals surface area contributed by atoms with E-state index in [-0.39, 0.29) is 57.0 Å². The maximum absolute atomic E-state index is 13.1. The zero-order valence-corrected chi connectivity index (χ0v) is 26.5. The zero-order chi connectivity index (χ0) is 31.4. The fourth-order valence-corrected chi connectivity index (χ4v) is 4.69. The number of anilines is 1. The van der Waals surface area contributed by atoms with Crippen molar-refractivity contribution in [3.05, 3.63) is 51.0 Å². The van der Waals surface area contributed by atoms with E-state index in [9.17, 15) is 42.3 Å². The number of nitro benzene ring substituents is 1. The Kier molecular flexibility index (Phi) is 11.7. The molecule has 3 amide bonds. The number of thiazole rings is 1. The van der Waals surface area contributed by atoms with Crippen LogP contribution in [0.1, 0.15) is 25.1 Å². The fourth-order valence-electron chi connectivity index (χ4n) is 3.32. The van der Waals surface area contributed by atoms with Crippen LogP contribution in [-0.4, -0.2) is 81.4 Å². The van der Waals surface area contributed by atoms with Gasteiger partial charge in [0.2, 0.25) is 5.60 Å². The van der Waals surface area contributed by atoms with Crippen molar-refractivity contribution >= 4 is 61.9 Å². The van der Waals surface area contributed by atoms with Gasteiger partial charge >= 0.3 is 35.5 Å². The molecular weight excluding hydrogens is 629 g/mol. The van der Waals surface area contributed by atoms with Gasteiger partial charge in [-0.05, 0) is 31.5 Å². The van der Waals surface area contributed by atoms with Crippen LogP contribution in [0.5, 0.6) is 0 Å². The summed E-state index contributed by atoms with van der Waals surface area (Å²) in [5.41, 5.74) is 5.03. The minimum Gasteiger partial charge on any atom is -0.731 e. The van der Waals surface area contributed by atoms with E-state index in [4.69, 9.17) is 15.3 Å². The Morgan fingerprint density at radius 3 is 2.40 bits per heavy atom. The summed E-state index contributed by atoms with van der Waals surface area (Å²) in [4.78, 5) is 74.2. The number of oxime groups is 1. The van der Waals surface area contributed by atoms with Crippen molar-refractivity contribution in [1.82, 2.24) is 20.1 Å². The third kappa shape index (κ3) is 8.43. The molecular formula is C21H22N7NaO12S2. The van der Waals surface area contributed by atoms with E-state index in [1.54, 1.807) is 5.48 Å². The van der Waals surface area contributed by atoms with Crippen LogP contribution in [0.25, 0.3) is 0 Å². The number of nitro groups is 1. The molecule has 1 saturated heterocycles. The molecule has 2 atom stereocenters. The van der Waals surface area contributed by atoms with Crippen LogP contribution in [0.2, 0.25) is 0 Å². The molecule has 2 aromatic rings. The van der Waals surface area contributed by atoms with Crippen molar-refractivity contribution in [3.63, 3.8) is 0 Å². The molecule has 43 heavy (non-hydrogen) atoms. The zero-order valence-electron chi connectivity index (χ0n) is 22.8. The number of nitrogens with zero attached hydrogens (tertiary/aromatic N) is 4. The number of non-ortho nitro benzene ring substituents is 1. The van der Waals surface area contributed by atoms with Crippen LogP contribution < -0.4 is 46.1 Å². The van der Waals surface area contributed by atoms with Gasteiger partial charge in [0.15, 0.2) is 27.2 Å². The van der Waals surface area contributed by atoms with Crippen LogP contribution in [0.15, 0.2) is 34.8 Å². The molecule has 0 spiro atoms. The first-order valence-corrected chi connectivity index (χ1v) is 13.6. The summed E-state index contributed by atoms with van der Waals surface area (Å²) in [7, 11) is -4.42. The summed E-state index contributed by atoms with van der Waals surface area (Å²) >= 11 is 0.893. The van der Waals surface area contributed by atoms with Gasteiger partial charge in [0.25, 0.3) is 23.4 Å². The van der Waals surface area contributed by atoms with Crippen molar-refractivity contribution in [2.75, 3.05) is 12.8 Å². The Morgan fingerprint density at radius 1 is 1.26 bits per heavy atom. The van der Waals surface area contributed by atoms with E-state index >= 15 is 0 Å². The number of hydroxylamine groups is 1. The molecule has 0 unspecified atom stereocenters. The SMILES string of the molecule is CONC(=O)[C@H]1[C@@H](NC(=O)/C(=N\OC(C)(C)C(=O)OCc2ccc([N+](=O)[O-])cc2)c2csc(N)n2)C(=O)N1S(=O)(=O)[O-].[Na+]. The second-order valence-corrected chi connectivity index (χ2v) is 10.9. The topological polar surface area (TPSA) is 275 Å². The van der Waals surface area contributed by atoms with Crippen LogP contribution in [0, 0.1) is 10.1 Å². The molecule has 226 valence electrons. The maximum atomic E-state index is 13.1. The Balaban J connectivity index is 0.00000645. The van der Waals surface area contributed by atoms with E-state index in [1.165, 1.54) is 43.5 Å². The number of ether oxygens (including phenoxy) is 1. The third-order valence-electron chi connectivity index (χ3n) is 5.40. The Bertz CT molecular complexity index is 1550. The number of aromatic nitrogens is 1. The number of nitrogens with one attached hydrogen (secondary N) is 2.